The van der Waals surface area contributed by atoms with E-state index in [-0.39, 0.29) is 36.5 Å². The van der Waals surface area contributed by atoms with Crippen LogP contribution in [0.4, 0.5) is 0 Å². The Bertz CT molecular complexity index is 444. The summed E-state index contributed by atoms with van der Waals surface area (Å²) in [5.41, 5.74) is 5.38. The Morgan fingerprint density at radius 2 is 2.24 bits per heavy atom. The van der Waals surface area contributed by atoms with Crippen molar-refractivity contribution in [2.75, 3.05) is 20.1 Å². The summed E-state index contributed by atoms with van der Waals surface area (Å²) in [4.78, 5) is 3.68. The standard InChI is InChI=1S/C8H14N4O2S2.HI/c1-10-8(9)11-4-5-12-16(13,14)7-3-2-6-15-7;/h2-3,6,12H,4-5H2,1H3,(H3,9,10,11);1H. The number of halogens is 1. The van der Waals surface area contributed by atoms with E-state index in [0.29, 0.717) is 10.8 Å². The minimum absolute atomic E-state index is 0. The van der Waals surface area contributed by atoms with Gasteiger partial charge in [0.15, 0.2) is 5.96 Å². The number of aliphatic imine (C=N–C) groups is 1. The third kappa shape index (κ3) is 5.66. The van der Waals surface area contributed by atoms with Crippen molar-refractivity contribution in [1.29, 1.82) is 0 Å². The van der Waals surface area contributed by atoms with Gasteiger partial charge in [0.25, 0.3) is 0 Å². The second-order valence-electron chi connectivity index (χ2n) is 2.87. The van der Waals surface area contributed by atoms with E-state index in [9.17, 15) is 8.42 Å². The molecule has 0 amide bonds. The van der Waals surface area contributed by atoms with Crippen LogP contribution in [0.25, 0.3) is 0 Å². The van der Waals surface area contributed by atoms with E-state index in [1.165, 1.54) is 11.3 Å². The molecule has 0 unspecified atom stereocenters. The molecular weight excluding hydrogens is 375 g/mol. The van der Waals surface area contributed by atoms with Crippen molar-refractivity contribution in [2.24, 2.45) is 10.7 Å². The molecule has 4 N–H and O–H groups in total. The van der Waals surface area contributed by atoms with Crippen molar-refractivity contribution >= 4 is 51.3 Å². The Hall–Kier alpha value is -0.390. The fourth-order valence-electron chi connectivity index (χ4n) is 0.943. The summed E-state index contributed by atoms with van der Waals surface area (Å²) in [6.45, 7) is 0.657. The van der Waals surface area contributed by atoms with Gasteiger partial charge in [-0.2, -0.15) is 0 Å². The molecule has 1 aromatic rings. The fourth-order valence-corrected chi connectivity index (χ4v) is 3.01. The minimum atomic E-state index is -3.37. The number of sulfonamides is 1. The average molecular weight is 390 g/mol. The zero-order valence-electron chi connectivity index (χ0n) is 9.21. The van der Waals surface area contributed by atoms with Crippen LogP contribution in [-0.2, 0) is 10.0 Å². The topological polar surface area (TPSA) is 96.6 Å². The maximum Gasteiger partial charge on any atom is 0.250 e. The summed E-state index contributed by atoms with van der Waals surface area (Å²) < 4.78 is 26.0. The molecule has 0 saturated carbocycles. The second-order valence-corrected chi connectivity index (χ2v) is 5.81. The lowest BCUT2D eigenvalue weighted by atomic mass is 10.6. The molecule has 98 valence electrons. The van der Waals surface area contributed by atoms with E-state index in [1.807, 2.05) is 0 Å². The molecule has 0 aliphatic carbocycles. The zero-order valence-corrected chi connectivity index (χ0v) is 13.2. The number of guanidine groups is 1. The van der Waals surface area contributed by atoms with Gasteiger partial charge in [-0.15, -0.1) is 35.3 Å². The van der Waals surface area contributed by atoms with E-state index in [4.69, 9.17) is 5.73 Å². The van der Waals surface area contributed by atoms with E-state index >= 15 is 0 Å². The van der Waals surface area contributed by atoms with Crippen molar-refractivity contribution in [1.82, 2.24) is 10.0 Å². The van der Waals surface area contributed by atoms with Crippen LogP contribution in [-0.4, -0.2) is 34.5 Å². The van der Waals surface area contributed by atoms with Crippen molar-refractivity contribution in [2.45, 2.75) is 4.21 Å². The number of hydrogen-bond donors (Lipinski definition) is 3. The molecule has 0 bridgehead atoms. The quantitative estimate of drug-likeness (QED) is 0.289. The molecule has 0 aliphatic heterocycles. The molecule has 6 nitrogen and oxygen atoms in total. The largest absolute Gasteiger partial charge is 0.370 e. The fraction of sp³-hybridized carbons (Fsp3) is 0.375. The first-order valence-corrected chi connectivity index (χ1v) is 6.92. The number of thiophene rings is 1. The Morgan fingerprint density at radius 3 is 2.76 bits per heavy atom. The molecule has 0 spiro atoms. The number of nitrogens with zero attached hydrogens (tertiary/aromatic N) is 1. The summed E-state index contributed by atoms with van der Waals surface area (Å²) in [6.07, 6.45) is 0. The third-order valence-corrected chi connectivity index (χ3v) is 4.58. The molecule has 0 aliphatic rings. The first-order chi connectivity index (χ1) is 7.56. The van der Waals surface area contributed by atoms with Gasteiger partial charge in [-0.05, 0) is 11.4 Å². The van der Waals surface area contributed by atoms with Crippen molar-refractivity contribution in [3.63, 3.8) is 0 Å². The highest BCUT2D eigenvalue weighted by Crippen LogP contribution is 2.14. The Labute approximate surface area is 122 Å². The summed E-state index contributed by atoms with van der Waals surface area (Å²) in [5, 5.41) is 4.47. The van der Waals surface area contributed by atoms with E-state index in [2.05, 4.69) is 15.0 Å². The van der Waals surface area contributed by atoms with Gasteiger partial charge in [-0.1, -0.05) is 6.07 Å². The molecule has 9 heteroatoms. The minimum Gasteiger partial charge on any atom is -0.370 e. The van der Waals surface area contributed by atoms with E-state index in [1.54, 1.807) is 24.6 Å². The lowest BCUT2D eigenvalue weighted by Crippen LogP contribution is -2.38. The number of hydrogen-bond acceptors (Lipinski definition) is 4. The van der Waals surface area contributed by atoms with Crippen LogP contribution in [0.2, 0.25) is 0 Å². The molecular formula is C8H15IN4O2S2. The predicted octanol–water partition coefficient (Wildman–Crippen LogP) is 0.179. The number of nitrogens with two attached hydrogens (primary N) is 1. The molecule has 17 heavy (non-hydrogen) atoms. The van der Waals surface area contributed by atoms with Gasteiger partial charge >= 0.3 is 0 Å². The van der Waals surface area contributed by atoms with Crippen molar-refractivity contribution in [3.8, 4) is 0 Å². The smallest absolute Gasteiger partial charge is 0.250 e. The van der Waals surface area contributed by atoms with Crippen LogP contribution in [0.3, 0.4) is 0 Å². The number of nitrogens with one attached hydrogen (secondary N) is 2. The average Bonchev–Trinajstić information content (AvgIpc) is 2.78. The number of rotatable bonds is 5. The molecule has 1 aromatic heterocycles. The SMILES string of the molecule is CN=C(N)NCCNS(=O)(=O)c1cccs1.I. The zero-order chi connectivity index (χ0) is 12.0. The lowest BCUT2D eigenvalue weighted by Gasteiger charge is -2.06. The van der Waals surface area contributed by atoms with Crippen LogP contribution < -0.4 is 15.8 Å². The van der Waals surface area contributed by atoms with Crippen LogP contribution in [0.15, 0.2) is 26.7 Å². The maximum absolute atomic E-state index is 11.6. The third-order valence-electron chi connectivity index (χ3n) is 1.72. The second kappa shape index (κ2) is 7.84. The van der Waals surface area contributed by atoms with Gasteiger partial charge in [0.2, 0.25) is 10.0 Å². The monoisotopic (exact) mass is 390 g/mol. The highest BCUT2D eigenvalue weighted by Gasteiger charge is 2.13. The normalized spacial score (nSPS) is 11.9. The van der Waals surface area contributed by atoms with Gasteiger partial charge in [0.05, 0.1) is 0 Å². The Kier molecular flexibility index (Phi) is 7.66. The van der Waals surface area contributed by atoms with Crippen LogP contribution in [0.5, 0.6) is 0 Å². The van der Waals surface area contributed by atoms with Crippen LogP contribution in [0.1, 0.15) is 0 Å². The summed E-state index contributed by atoms with van der Waals surface area (Å²) in [6, 6.07) is 3.25. The van der Waals surface area contributed by atoms with Gasteiger partial charge in [-0.3, -0.25) is 4.99 Å². The molecule has 0 saturated heterocycles. The molecule has 0 atom stereocenters. The lowest BCUT2D eigenvalue weighted by molar-refractivity contribution is 0.583. The van der Waals surface area contributed by atoms with Crippen molar-refractivity contribution < 1.29 is 8.42 Å². The van der Waals surface area contributed by atoms with E-state index < -0.39 is 10.0 Å². The molecule has 0 aromatic carbocycles. The Balaban J connectivity index is 0.00000256. The van der Waals surface area contributed by atoms with Gasteiger partial charge < -0.3 is 11.1 Å². The highest BCUT2D eigenvalue weighted by atomic mass is 127. The molecule has 0 radical (unpaired) electrons. The first-order valence-electron chi connectivity index (χ1n) is 4.55. The van der Waals surface area contributed by atoms with Gasteiger partial charge in [0.1, 0.15) is 4.21 Å². The van der Waals surface area contributed by atoms with Gasteiger partial charge in [0, 0.05) is 20.1 Å². The highest BCUT2D eigenvalue weighted by molar-refractivity contribution is 14.0. The molecule has 1 rings (SSSR count). The van der Waals surface area contributed by atoms with Gasteiger partial charge in [-0.25, -0.2) is 13.1 Å². The van der Waals surface area contributed by atoms with E-state index in [0.717, 1.165) is 0 Å². The van der Waals surface area contributed by atoms with Crippen LogP contribution >= 0.6 is 35.3 Å². The summed E-state index contributed by atoms with van der Waals surface area (Å²) >= 11 is 1.18. The van der Waals surface area contributed by atoms with Crippen molar-refractivity contribution in [3.05, 3.63) is 17.5 Å². The summed E-state index contributed by atoms with van der Waals surface area (Å²) in [7, 11) is -1.82. The Morgan fingerprint density at radius 1 is 1.53 bits per heavy atom. The van der Waals surface area contributed by atoms with Crippen LogP contribution in [0, 0.1) is 0 Å². The maximum atomic E-state index is 11.6. The first kappa shape index (κ1) is 16.6. The molecule has 1 heterocycles. The predicted molar refractivity (Wildman–Crippen MR) is 80.5 cm³/mol. The molecule has 0 fully saturated rings. The summed E-state index contributed by atoms with van der Waals surface area (Å²) in [5.74, 6) is 0.287.